The molecule has 0 fully saturated rings. The van der Waals surface area contributed by atoms with Gasteiger partial charge in [-0.1, -0.05) is 30.3 Å². The summed E-state index contributed by atoms with van der Waals surface area (Å²) in [7, 11) is 1.30. The molecule has 2 N–H and O–H groups in total. The van der Waals surface area contributed by atoms with Crippen molar-refractivity contribution in [2.75, 3.05) is 13.7 Å². The molecule has 0 unspecified atom stereocenters. The molecule has 1 aliphatic carbocycles. The molecule has 0 saturated carbocycles. The van der Waals surface area contributed by atoms with Gasteiger partial charge in [-0.2, -0.15) is 0 Å². The van der Waals surface area contributed by atoms with E-state index in [0.29, 0.717) is 43.9 Å². The third kappa shape index (κ3) is 3.53. The number of hydrogen-bond donors (Lipinski definition) is 2. The van der Waals surface area contributed by atoms with Crippen LogP contribution in [0.3, 0.4) is 0 Å². The second-order valence-electron chi connectivity index (χ2n) is 7.12. The first-order valence-electron chi connectivity index (χ1n) is 9.42. The zero-order valence-corrected chi connectivity index (χ0v) is 18.3. The molecule has 1 aliphatic heterocycles. The van der Waals surface area contributed by atoms with E-state index < -0.39 is 24.5 Å². The van der Waals surface area contributed by atoms with Crippen molar-refractivity contribution in [1.29, 1.82) is 0 Å². The zero-order chi connectivity index (χ0) is 22.3. The van der Waals surface area contributed by atoms with Gasteiger partial charge in [-0.15, -0.1) is 0 Å². The molecule has 0 saturated heterocycles. The van der Waals surface area contributed by atoms with Crippen molar-refractivity contribution in [1.82, 2.24) is 5.32 Å². The maximum absolute atomic E-state index is 13.3. The van der Waals surface area contributed by atoms with Gasteiger partial charge >= 0.3 is 11.9 Å². The van der Waals surface area contributed by atoms with Gasteiger partial charge in [0.15, 0.2) is 12.4 Å². The second-order valence-corrected chi connectivity index (χ2v) is 7.98. The van der Waals surface area contributed by atoms with Crippen molar-refractivity contribution in [3.05, 3.63) is 80.5 Å². The highest BCUT2D eigenvalue weighted by atomic mass is 79.9. The van der Waals surface area contributed by atoms with Crippen LogP contribution in [0.25, 0.3) is 5.70 Å². The molecule has 2 aliphatic rings. The van der Waals surface area contributed by atoms with E-state index in [1.807, 2.05) is 12.1 Å². The average Bonchev–Trinajstić information content (AvgIpc) is 3.03. The maximum atomic E-state index is 13.3. The summed E-state index contributed by atoms with van der Waals surface area (Å²) in [6.07, 6.45) is 0. The molecule has 158 valence electrons. The van der Waals surface area contributed by atoms with Crippen LogP contribution in [0.4, 0.5) is 0 Å². The number of methoxy groups -OCH3 is 1. The summed E-state index contributed by atoms with van der Waals surface area (Å²) in [4.78, 5) is 36.8. The van der Waals surface area contributed by atoms with Crippen molar-refractivity contribution in [3.63, 3.8) is 0 Å². The first-order chi connectivity index (χ1) is 14.8. The van der Waals surface area contributed by atoms with Crippen molar-refractivity contribution in [3.8, 4) is 5.75 Å². The number of halogens is 1. The number of ketones is 1. The Morgan fingerprint density at radius 2 is 1.87 bits per heavy atom. The van der Waals surface area contributed by atoms with Crippen molar-refractivity contribution in [2.24, 2.45) is 0 Å². The van der Waals surface area contributed by atoms with Gasteiger partial charge in [0.05, 0.1) is 22.9 Å². The Bertz CT molecular complexity index is 1200. The summed E-state index contributed by atoms with van der Waals surface area (Å²) < 4.78 is 10.8. The molecular weight excluding hydrogens is 466 g/mol. The van der Waals surface area contributed by atoms with Crippen LogP contribution >= 0.6 is 15.9 Å². The Balaban J connectivity index is 1.85. The minimum absolute atomic E-state index is 0.153. The summed E-state index contributed by atoms with van der Waals surface area (Å²) in [5.41, 5.74) is 4.12. The number of hydrogen-bond acceptors (Lipinski definition) is 6. The fourth-order valence-electron chi connectivity index (χ4n) is 4.00. The molecule has 31 heavy (non-hydrogen) atoms. The molecule has 1 heterocycles. The maximum Gasteiger partial charge on any atom is 0.341 e. The van der Waals surface area contributed by atoms with Crippen molar-refractivity contribution >= 4 is 39.3 Å². The van der Waals surface area contributed by atoms with Crippen LogP contribution in [0.15, 0.2) is 63.8 Å². The number of benzene rings is 2. The smallest absolute Gasteiger partial charge is 0.341 e. The van der Waals surface area contributed by atoms with Crippen LogP contribution in [0.1, 0.15) is 34.3 Å². The molecule has 0 spiro atoms. The van der Waals surface area contributed by atoms with Gasteiger partial charge < -0.3 is 19.9 Å². The number of nitrogens with one attached hydrogen (secondary N) is 1. The Kier molecular flexibility index (Phi) is 5.41. The monoisotopic (exact) mass is 483 g/mol. The van der Waals surface area contributed by atoms with E-state index in [1.54, 1.807) is 37.3 Å². The van der Waals surface area contributed by atoms with Crippen LogP contribution in [-0.4, -0.2) is 36.5 Å². The highest BCUT2D eigenvalue weighted by Gasteiger charge is 2.42. The number of ether oxygens (including phenoxy) is 2. The SMILES string of the molecule is COC(=O)C1=C(C)NC2=C(C(=O)c3ccccc32)[C@H]1c1ccc(OCC(=O)O)c(Br)c1. The van der Waals surface area contributed by atoms with Gasteiger partial charge in [-0.05, 0) is 40.5 Å². The summed E-state index contributed by atoms with van der Waals surface area (Å²) >= 11 is 3.40. The number of carbonyl (C=O) groups excluding carboxylic acids is 2. The number of fused-ring (bicyclic) bond motifs is 2. The molecule has 0 radical (unpaired) electrons. The Labute approximate surface area is 186 Å². The Morgan fingerprint density at radius 3 is 2.52 bits per heavy atom. The Morgan fingerprint density at radius 1 is 1.16 bits per heavy atom. The van der Waals surface area contributed by atoms with E-state index >= 15 is 0 Å². The molecule has 2 aromatic carbocycles. The van der Waals surface area contributed by atoms with Crippen molar-refractivity contribution in [2.45, 2.75) is 12.8 Å². The number of Topliss-reactive ketones (excluding diaryl/α,β-unsaturated/α-hetero) is 1. The average molecular weight is 484 g/mol. The first-order valence-corrected chi connectivity index (χ1v) is 10.2. The lowest BCUT2D eigenvalue weighted by molar-refractivity contribution is -0.139. The van der Waals surface area contributed by atoms with Gasteiger partial charge in [0.25, 0.3) is 0 Å². The molecule has 7 nitrogen and oxygen atoms in total. The van der Waals surface area contributed by atoms with Gasteiger partial charge in [-0.3, -0.25) is 4.79 Å². The normalized spacial score (nSPS) is 17.1. The molecule has 4 rings (SSSR count). The molecular formula is C23H18BrNO6. The quantitative estimate of drug-likeness (QED) is 0.625. The van der Waals surface area contributed by atoms with E-state index in [-0.39, 0.29) is 5.78 Å². The van der Waals surface area contributed by atoms with Gasteiger partial charge in [0.2, 0.25) is 0 Å². The fraction of sp³-hybridized carbons (Fsp3) is 0.174. The second kappa shape index (κ2) is 8.03. The van der Waals surface area contributed by atoms with Gasteiger partial charge in [-0.25, -0.2) is 9.59 Å². The van der Waals surface area contributed by atoms with Gasteiger partial charge in [0, 0.05) is 28.3 Å². The minimum Gasteiger partial charge on any atom is -0.481 e. The lowest BCUT2D eigenvalue weighted by atomic mass is 9.80. The number of allylic oxidation sites excluding steroid dienone is 2. The fourth-order valence-corrected chi connectivity index (χ4v) is 4.51. The highest BCUT2D eigenvalue weighted by Crippen LogP contribution is 2.47. The van der Waals surface area contributed by atoms with E-state index in [1.165, 1.54) is 7.11 Å². The largest absolute Gasteiger partial charge is 0.481 e. The van der Waals surface area contributed by atoms with E-state index in [9.17, 15) is 14.4 Å². The van der Waals surface area contributed by atoms with Crippen LogP contribution in [0, 0.1) is 0 Å². The first kappa shape index (κ1) is 20.9. The number of rotatable bonds is 5. The standard InChI is InChI=1S/C23H18BrNO6/c1-11-18(23(29)30-2)19(12-7-8-16(15(24)9-12)31-10-17(26)27)20-21(25-11)13-5-3-4-6-14(13)22(20)28/h3-9,19,25H,10H2,1-2H3,(H,26,27)/t19-/m0/s1. The lowest BCUT2D eigenvalue weighted by Gasteiger charge is -2.29. The summed E-state index contributed by atoms with van der Waals surface area (Å²) in [5.74, 6) is -2.10. The number of carboxylic acid groups (broad SMARTS) is 1. The lowest BCUT2D eigenvalue weighted by Crippen LogP contribution is -2.29. The number of carbonyl (C=O) groups is 3. The number of aliphatic carboxylic acids is 1. The predicted molar refractivity (Wildman–Crippen MR) is 116 cm³/mol. The number of dihydropyridines is 1. The third-order valence-electron chi connectivity index (χ3n) is 5.29. The highest BCUT2D eigenvalue weighted by molar-refractivity contribution is 9.10. The van der Waals surface area contributed by atoms with E-state index in [2.05, 4.69) is 21.2 Å². The molecule has 1 atom stereocenters. The summed E-state index contributed by atoms with van der Waals surface area (Å²) in [5, 5.41) is 12.1. The minimum atomic E-state index is -1.09. The van der Waals surface area contributed by atoms with Crippen molar-refractivity contribution < 1.29 is 29.0 Å². The molecule has 0 aromatic heterocycles. The molecule has 8 heteroatoms. The number of carboxylic acids is 1. The third-order valence-corrected chi connectivity index (χ3v) is 5.91. The van der Waals surface area contributed by atoms with Crippen LogP contribution < -0.4 is 10.1 Å². The molecule has 0 amide bonds. The molecule has 2 aromatic rings. The predicted octanol–water partition coefficient (Wildman–Crippen LogP) is 3.65. The van der Waals surface area contributed by atoms with E-state index in [0.717, 1.165) is 5.56 Å². The van der Waals surface area contributed by atoms with Crippen LogP contribution in [0.5, 0.6) is 5.75 Å². The van der Waals surface area contributed by atoms with Crippen LogP contribution in [0.2, 0.25) is 0 Å². The number of esters is 1. The zero-order valence-electron chi connectivity index (χ0n) is 16.7. The van der Waals surface area contributed by atoms with Crippen LogP contribution in [-0.2, 0) is 14.3 Å². The summed E-state index contributed by atoms with van der Waals surface area (Å²) in [6.45, 7) is 1.29. The topological polar surface area (TPSA) is 102 Å². The van der Waals surface area contributed by atoms with Gasteiger partial charge in [0.1, 0.15) is 5.75 Å². The molecule has 0 bridgehead atoms. The Hall–Kier alpha value is -3.39. The van der Waals surface area contributed by atoms with E-state index in [4.69, 9.17) is 14.6 Å². The summed E-state index contributed by atoms with van der Waals surface area (Å²) in [6, 6.07) is 12.4.